The summed E-state index contributed by atoms with van der Waals surface area (Å²) < 4.78 is 71.9. The second-order valence-corrected chi connectivity index (χ2v) is 11.6. The van der Waals surface area contributed by atoms with Crippen LogP contribution in [0.15, 0.2) is 75.8 Å². The van der Waals surface area contributed by atoms with Gasteiger partial charge in [0, 0.05) is 36.6 Å². The number of benzene rings is 2. The van der Waals surface area contributed by atoms with Crippen molar-refractivity contribution in [2.45, 2.75) is 29.7 Å². The summed E-state index contributed by atoms with van der Waals surface area (Å²) in [4.78, 5) is 18.1. The quantitative estimate of drug-likeness (QED) is 0.281. The normalized spacial score (nSPS) is 16.5. The molecule has 0 amide bonds. The maximum atomic E-state index is 16.1. The molecule has 5 rings (SSSR count). The second-order valence-electron chi connectivity index (χ2n) is 9.91. The highest BCUT2D eigenvalue weighted by molar-refractivity contribution is 7.92. The van der Waals surface area contributed by atoms with Gasteiger partial charge in [0.15, 0.2) is 5.82 Å². The summed E-state index contributed by atoms with van der Waals surface area (Å²) in [7, 11) is -1.05. The van der Waals surface area contributed by atoms with Gasteiger partial charge in [-0.05, 0) is 74.9 Å². The number of sulfonamides is 1. The fraction of sp³-hybridized carbons (Fsp3) is 0.276. The van der Waals surface area contributed by atoms with Crippen molar-refractivity contribution >= 4 is 38.7 Å². The number of anilines is 1. The maximum Gasteiger partial charge on any atom is 0.265 e. The van der Waals surface area contributed by atoms with Gasteiger partial charge < -0.3 is 9.88 Å². The summed E-state index contributed by atoms with van der Waals surface area (Å²) in [5.41, 5.74) is 1.36. The number of hydrogen-bond donors (Lipinski definition) is 2. The Bertz CT molecular complexity index is 1730. The summed E-state index contributed by atoms with van der Waals surface area (Å²) in [6, 6.07) is 9.99. The number of nitrogens with one attached hydrogen (secondary N) is 2. The molecular weight excluding hydrogens is 553 g/mol. The first-order valence-electron chi connectivity index (χ1n) is 13.0. The highest BCUT2D eigenvalue weighted by atomic mass is 32.2. The number of nitrogens with zero attached hydrogens (tertiary/aromatic N) is 4. The van der Waals surface area contributed by atoms with E-state index in [4.69, 9.17) is 4.99 Å². The van der Waals surface area contributed by atoms with E-state index in [9.17, 15) is 17.2 Å². The van der Waals surface area contributed by atoms with Gasteiger partial charge in [-0.25, -0.2) is 26.6 Å². The van der Waals surface area contributed by atoms with Gasteiger partial charge in [-0.15, -0.1) is 0 Å². The van der Waals surface area contributed by atoms with E-state index in [-0.39, 0.29) is 11.6 Å². The molecule has 0 spiro atoms. The summed E-state index contributed by atoms with van der Waals surface area (Å²) >= 11 is 0. The molecule has 2 aromatic carbocycles. The molecule has 1 unspecified atom stereocenters. The predicted octanol–water partition coefficient (Wildman–Crippen LogP) is 5.15. The molecule has 1 atom stereocenters. The Balaban J connectivity index is 1.55. The number of likely N-dealkylation sites (tertiary alicyclic amines) is 1. The molecule has 214 valence electrons. The van der Waals surface area contributed by atoms with E-state index in [1.165, 1.54) is 25.2 Å². The topological polar surface area (TPSA) is 103 Å². The van der Waals surface area contributed by atoms with Gasteiger partial charge >= 0.3 is 0 Å². The lowest BCUT2D eigenvalue weighted by molar-refractivity contribution is 0.257. The van der Waals surface area contributed by atoms with Crippen LogP contribution < -0.4 is 4.72 Å². The zero-order valence-corrected chi connectivity index (χ0v) is 23.3. The molecule has 0 radical (unpaired) electrons. The molecule has 2 aromatic heterocycles. The first-order valence-corrected chi connectivity index (χ1v) is 14.5. The summed E-state index contributed by atoms with van der Waals surface area (Å²) in [6.07, 6.45) is 6.95. The molecule has 1 saturated heterocycles. The number of piperidine rings is 1. The molecule has 12 heteroatoms. The molecule has 1 fully saturated rings. The summed E-state index contributed by atoms with van der Waals surface area (Å²) in [5, 5.41) is 0.812. The highest BCUT2D eigenvalue weighted by Gasteiger charge is 2.27. The van der Waals surface area contributed by atoms with E-state index < -0.39 is 44.0 Å². The van der Waals surface area contributed by atoms with Gasteiger partial charge in [0.25, 0.3) is 10.0 Å². The van der Waals surface area contributed by atoms with Crippen molar-refractivity contribution < 1.29 is 21.6 Å². The van der Waals surface area contributed by atoms with Crippen LogP contribution in [0.5, 0.6) is 0 Å². The Morgan fingerprint density at radius 1 is 1.15 bits per heavy atom. The Kier molecular flexibility index (Phi) is 8.22. The maximum absolute atomic E-state index is 16.1. The number of pyridine rings is 1. The third-order valence-electron chi connectivity index (χ3n) is 7.20. The minimum absolute atomic E-state index is 0.0349. The van der Waals surface area contributed by atoms with Gasteiger partial charge in [-0.2, -0.15) is 0 Å². The number of halogens is 3. The lowest BCUT2D eigenvalue weighted by Gasteiger charge is -2.27. The summed E-state index contributed by atoms with van der Waals surface area (Å²) in [5.74, 6) is -3.61. The largest absolute Gasteiger partial charge is 0.346 e. The van der Waals surface area contributed by atoms with E-state index in [2.05, 4.69) is 31.6 Å². The van der Waals surface area contributed by atoms with Crippen LogP contribution in [0.2, 0.25) is 0 Å². The van der Waals surface area contributed by atoms with Crippen molar-refractivity contribution in [2.24, 2.45) is 9.98 Å². The number of aliphatic imine (C=N–C) groups is 2. The molecule has 0 saturated carbocycles. The van der Waals surface area contributed by atoms with Gasteiger partial charge in [0.2, 0.25) is 0 Å². The average Bonchev–Trinajstić information content (AvgIpc) is 3.44. The SMILES string of the molecule is CN=C(c1cccc(NS(=O)(=O)c2cc(F)ccc2F)c1F)C(C=NC1CCN(C)CC1)c1ccnc2[nH]ccc12. The second kappa shape index (κ2) is 11.8. The van der Waals surface area contributed by atoms with Crippen LogP contribution >= 0.6 is 0 Å². The standard InChI is InChI=1S/C29H29F3N6O2S/c1-33-28(22-4-3-5-25(27(22)32)37-41(39,40)26-16-18(30)6-7-24(26)31)23(17-36-19-10-14-38(2)15-11-19)20-8-12-34-29-21(20)9-13-35-29/h3-9,12-13,16-17,19,23,37H,10-11,14-15H2,1-2H3,(H,34,35). The zero-order chi connectivity index (χ0) is 29.1. The van der Waals surface area contributed by atoms with E-state index in [0.717, 1.165) is 42.9 Å². The molecule has 1 aliphatic heterocycles. The fourth-order valence-electron chi connectivity index (χ4n) is 5.02. The minimum atomic E-state index is -4.65. The monoisotopic (exact) mass is 582 g/mol. The lowest BCUT2D eigenvalue weighted by atomic mass is 9.88. The van der Waals surface area contributed by atoms with Gasteiger partial charge in [0.1, 0.15) is 22.2 Å². The van der Waals surface area contributed by atoms with E-state index in [1.54, 1.807) is 18.6 Å². The Labute approximate surface area is 236 Å². The molecule has 41 heavy (non-hydrogen) atoms. The van der Waals surface area contributed by atoms with Crippen LogP contribution in [0.1, 0.15) is 29.9 Å². The van der Waals surface area contributed by atoms with Gasteiger partial charge in [-0.1, -0.05) is 12.1 Å². The number of rotatable bonds is 8. The zero-order valence-electron chi connectivity index (χ0n) is 22.5. The van der Waals surface area contributed by atoms with Crippen LogP contribution in [-0.2, 0) is 10.0 Å². The molecule has 3 heterocycles. The van der Waals surface area contributed by atoms with Gasteiger partial charge in [0.05, 0.1) is 23.4 Å². The van der Waals surface area contributed by atoms with Crippen molar-refractivity contribution in [1.82, 2.24) is 14.9 Å². The first-order chi connectivity index (χ1) is 19.7. The molecule has 2 N–H and O–H groups in total. The minimum Gasteiger partial charge on any atom is -0.346 e. The number of aromatic nitrogens is 2. The van der Waals surface area contributed by atoms with E-state index in [0.29, 0.717) is 23.5 Å². The van der Waals surface area contributed by atoms with Crippen LogP contribution in [0.4, 0.5) is 18.9 Å². The Morgan fingerprint density at radius 3 is 2.68 bits per heavy atom. The Hall–Kier alpha value is -4.03. The molecule has 0 aliphatic carbocycles. The number of aromatic amines is 1. The predicted molar refractivity (Wildman–Crippen MR) is 154 cm³/mol. The van der Waals surface area contributed by atoms with Crippen LogP contribution in [0.25, 0.3) is 11.0 Å². The smallest absolute Gasteiger partial charge is 0.265 e. The third-order valence-corrected chi connectivity index (χ3v) is 8.58. The van der Waals surface area contributed by atoms with E-state index >= 15 is 4.39 Å². The highest BCUT2D eigenvalue weighted by Crippen LogP contribution is 2.31. The molecule has 4 aromatic rings. The van der Waals surface area contributed by atoms with Crippen molar-refractivity contribution in [3.05, 3.63) is 89.5 Å². The number of H-pyrrole nitrogens is 1. The molecule has 1 aliphatic rings. The van der Waals surface area contributed by atoms with Crippen molar-refractivity contribution in [3.63, 3.8) is 0 Å². The van der Waals surface area contributed by atoms with Crippen LogP contribution in [-0.4, -0.2) is 68.4 Å². The molecule has 8 nitrogen and oxygen atoms in total. The third kappa shape index (κ3) is 6.03. The Morgan fingerprint density at radius 2 is 1.93 bits per heavy atom. The number of fused-ring (bicyclic) bond motifs is 1. The molecular formula is C29H29F3N6O2S. The van der Waals surface area contributed by atoms with Gasteiger partial charge in [-0.3, -0.25) is 14.7 Å². The molecule has 0 bridgehead atoms. The average molecular weight is 583 g/mol. The van der Waals surface area contributed by atoms with Crippen LogP contribution in [0, 0.1) is 17.5 Å². The summed E-state index contributed by atoms with van der Waals surface area (Å²) in [6.45, 7) is 1.84. The van der Waals surface area contributed by atoms with Crippen molar-refractivity contribution in [3.8, 4) is 0 Å². The van der Waals surface area contributed by atoms with Crippen molar-refractivity contribution in [1.29, 1.82) is 0 Å². The van der Waals surface area contributed by atoms with Crippen LogP contribution in [0.3, 0.4) is 0 Å². The first kappa shape index (κ1) is 28.5. The van der Waals surface area contributed by atoms with Crippen molar-refractivity contribution in [2.75, 3.05) is 31.9 Å². The fourth-order valence-corrected chi connectivity index (χ4v) is 6.17. The van der Waals surface area contributed by atoms with E-state index in [1.807, 2.05) is 12.1 Å². The lowest BCUT2D eigenvalue weighted by Crippen LogP contribution is -2.32. The number of hydrogen-bond acceptors (Lipinski definition) is 6.